The highest BCUT2D eigenvalue weighted by atomic mass is 32.1. The zero-order valence-corrected chi connectivity index (χ0v) is 8.29. The molecule has 0 aromatic carbocycles. The lowest BCUT2D eigenvalue weighted by Crippen LogP contribution is -2.10. The van der Waals surface area contributed by atoms with E-state index in [2.05, 4.69) is 11.5 Å². The molecule has 0 aliphatic heterocycles. The topological polar surface area (TPSA) is 40.8 Å². The lowest BCUT2D eigenvalue weighted by molar-refractivity contribution is 0.855. The summed E-state index contributed by atoms with van der Waals surface area (Å²) in [6.45, 7) is 0.751. The Balaban J connectivity index is 1.96. The molecule has 14 heavy (non-hydrogen) atoms. The molecule has 4 heteroatoms. The van der Waals surface area contributed by atoms with E-state index < -0.39 is 0 Å². The average Bonchev–Trinajstić information content (AvgIpc) is 2.86. The third kappa shape index (κ3) is 1.95. The summed E-state index contributed by atoms with van der Waals surface area (Å²) in [7, 11) is 0. The number of hydrogen-bond donors (Lipinski definition) is 1. The summed E-state index contributed by atoms with van der Waals surface area (Å²) in [6.07, 6.45) is 3.89. The van der Waals surface area contributed by atoms with Gasteiger partial charge in [0, 0.05) is 22.7 Å². The van der Waals surface area contributed by atoms with Gasteiger partial charge in [-0.1, -0.05) is 0 Å². The Kier molecular flexibility index (Phi) is 2.52. The molecule has 0 spiro atoms. The van der Waals surface area contributed by atoms with Gasteiger partial charge in [0.25, 0.3) is 0 Å². The standard InChI is InChI=1S/C10H9N3S/c11-6-9-5-10(14-8-9)7-12-13-3-1-2-4-13/h1-5,8,12H,7H2. The van der Waals surface area contributed by atoms with E-state index in [1.54, 1.807) is 11.3 Å². The van der Waals surface area contributed by atoms with Crippen molar-refractivity contribution in [3.05, 3.63) is 46.4 Å². The van der Waals surface area contributed by atoms with Crippen LogP contribution in [0.1, 0.15) is 10.4 Å². The van der Waals surface area contributed by atoms with E-state index in [1.807, 2.05) is 40.6 Å². The van der Waals surface area contributed by atoms with Crippen molar-refractivity contribution in [2.75, 3.05) is 5.43 Å². The van der Waals surface area contributed by atoms with Gasteiger partial charge in [-0.3, -0.25) is 4.68 Å². The Morgan fingerprint density at radius 1 is 1.43 bits per heavy atom. The van der Waals surface area contributed by atoms with Gasteiger partial charge in [0.15, 0.2) is 0 Å². The van der Waals surface area contributed by atoms with Crippen LogP contribution in [0.3, 0.4) is 0 Å². The summed E-state index contributed by atoms with van der Waals surface area (Å²) in [5.74, 6) is 0. The first kappa shape index (κ1) is 8.85. The highest BCUT2D eigenvalue weighted by molar-refractivity contribution is 7.10. The van der Waals surface area contributed by atoms with E-state index in [9.17, 15) is 0 Å². The van der Waals surface area contributed by atoms with E-state index in [0.717, 1.165) is 17.0 Å². The number of rotatable bonds is 3. The molecule has 0 saturated carbocycles. The molecular formula is C10H9N3S. The minimum absolute atomic E-state index is 0.735. The predicted molar refractivity (Wildman–Crippen MR) is 56.5 cm³/mol. The molecule has 0 atom stereocenters. The Hall–Kier alpha value is -1.73. The summed E-state index contributed by atoms with van der Waals surface area (Å²) >= 11 is 1.60. The van der Waals surface area contributed by atoms with Crippen LogP contribution >= 0.6 is 11.3 Å². The first-order chi connectivity index (χ1) is 6.88. The fourth-order valence-electron chi connectivity index (χ4n) is 1.14. The van der Waals surface area contributed by atoms with Gasteiger partial charge in [0.2, 0.25) is 0 Å². The van der Waals surface area contributed by atoms with Crippen molar-refractivity contribution in [2.45, 2.75) is 6.54 Å². The van der Waals surface area contributed by atoms with Crippen molar-refractivity contribution >= 4 is 11.3 Å². The van der Waals surface area contributed by atoms with E-state index >= 15 is 0 Å². The molecule has 3 nitrogen and oxygen atoms in total. The number of aromatic nitrogens is 1. The smallest absolute Gasteiger partial charge is 0.100 e. The van der Waals surface area contributed by atoms with Gasteiger partial charge >= 0.3 is 0 Å². The Bertz CT molecular complexity index is 436. The molecule has 0 unspecified atom stereocenters. The fourth-order valence-corrected chi connectivity index (χ4v) is 1.88. The van der Waals surface area contributed by atoms with Gasteiger partial charge < -0.3 is 5.43 Å². The SMILES string of the molecule is N#Cc1csc(CNn2cccc2)c1. The summed E-state index contributed by atoms with van der Waals surface area (Å²) in [6, 6.07) is 7.94. The maximum absolute atomic E-state index is 8.63. The minimum Gasteiger partial charge on any atom is -0.321 e. The van der Waals surface area contributed by atoms with Crippen LogP contribution in [-0.4, -0.2) is 4.68 Å². The lowest BCUT2D eigenvalue weighted by Gasteiger charge is -2.04. The summed E-state index contributed by atoms with van der Waals surface area (Å²) in [5, 5.41) is 10.5. The molecular weight excluding hydrogens is 194 g/mol. The molecule has 0 aliphatic rings. The lowest BCUT2D eigenvalue weighted by atomic mass is 10.3. The van der Waals surface area contributed by atoms with Crippen molar-refractivity contribution in [3.63, 3.8) is 0 Å². The summed E-state index contributed by atoms with van der Waals surface area (Å²) < 4.78 is 1.89. The van der Waals surface area contributed by atoms with Gasteiger partial charge in [-0.25, -0.2) is 0 Å². The molecule has 2 rings (SSSR count). The molecule has 1 N–H and O–H groups in total. The molecule has 0 amide bonds. The van der Waals surface area contributed by atoms with Crippen molar-refractivity contribution in [3.8, 4) is 6.07 Å². The van der Waals surface area contributed by atoms with Crippen LogP contribution in [0.15, 0.2) is 36.0 Å². The molecule has 2 aromatic heterocycles. The maximum atomic E-state index is 8.63. The van der Waals surface area contributed by atoms with Crippen molar-refractivity contribution in [1.29, 1.82) is 5.26 Å². The normalized spacial score (nSPS) is 9.64. The molecule has 70 valence electrons. The van der Waals surface area contributed by atoms with E-state index in [-0.39, 0.29) is 0 Å². The third-order valence-electron chi connectivity index (χ3n) is 1.82. The van der Waals surface area contributed by atoms with E-state index in [1.165, 1.54) is 0 Å². The Labute approximate surface area is 86.2 Å². The molecule has 0 saturated heterocycles. The van der Waals surface area contributed by atoms with Gasteiger partial charge in [-0.15, -0.1) is 11.3 Å². The van der Waals surface area contributed by atoms with Crippen molar-refractivity contribution in [1.82, 2.24) is 4.68 Å². The van der Waals surface area contributed by atoms with Crippen LogP contribution in [0, 0.1) is 11.3 Å². The van der Waals surface area contributed by atoms with Crippen LogP contribution in [0.25, 0.3) is 0 Å². The first-order valence-electron chi connectivity index (χ1n) is 4.23. The van der Waals surface area contributed by atoms with Crippen molar-refractivity contribution < 1.29 is 0 Å². The molecule has 0 fully saturated rings. The van der Waals surface area contributed by atoms with Crippen LogP contribution in [0.2, 0.25) is 0 Å². The third-order valence-corrected chi connectivity index (χ3v) is 2.76. The second-order valence-electron chi connectivity index (χ2n) is 2.84. The van der Waals surface area contributed by atoms with E-state index in [4.69, 9.17) is 5.26 Å². The fraction of sp³-hybridized carbons (Fsp3) is 0.100. The Morgan fingerprint density at radius 3 is 2.86 bits per heavy atom. The number of nitrogens with zero attached hydrogens (tertiary/aromatic N) is 2. The number of hydrogen-bond acceptors (Lipinski definition) is 3. The van der Waals surface area contributed by atoms with Crippen LogP contribution < -0.4 is 5.43 Å². The Morgan fingerprint density at radius 2 is 2.21 bits per heavy atom. The van der Waals surface area contributed by atoms with Crippen LogP contribution in [0.5, 0.6) is 0 Å². The first-order valence-corrected chi connectivity index (χ1v) is 5.11. The van der Waals surface area contributed by atoms with Gasteiger partial charge in [0.1, 0.15) is 6.07 Å². The zero-order valence-electron chi connectivity index (χ0n) is 7.47. The number of nitriles is 1. The molecule has 2 aromatic rings. The van der Waals surface area contributed by atoms with Gasteiger partial charge in [0.05, 0.1) is 12.1 Å². The highest BCUT2D eigenvalue weighted by Gasteiger charge is 1.97. The molecule has 0 aliphatic carbocycles. The summed E-state index contributed by atoms with van der Waals surface area (Å²) in [5.41, 5.74) is 3.93. The molecule has 0 bridgehead atoms. The van der Waals surface area contributed by atoms with Crippen molar-refractivity contribution in [2.24, 2.45) is 0 Å². The van der Waals surface area contributed by atoms with Gasteiger partial charge in [-0.05, 0) is 18.2 Å². The van der Waals surface area contributed by atoms with Crippen LogP contribution in [0.4, 0.5) is 0 Å². The monoisotopic (exact) mass is 203 g/mol. The molecule has 2 heterocycles. The number of nitrogens with one attached hydrogen (secondary N) is 1. The quantitative estimate of drug-likeness (QED) is 0.830. The van der Waals surface area contributed by atoms with Gasteiger partial charge in [-0.2, -0.15) is 5.26 Å². The second kappa shape index (κ2) is 3.99. The zero-order chi connectivity index (χ0) is 9.80. The average molecular weight is 203 g/mol. The van der Waals surface area contributed by atoms with E-state index in [0.29, 0.717) is 0 Å². The van der Waals surface area contributed by atoms with Crippen LogP contribution in [-0.2, 0) is 6.54 Å². The maximum Gasteiger partial charge on any atom is 0.100 e. The minimum atomic E-state index is 0.735. The molecule has 0 radical (unpaired) electrons. The predicted octanol–water partition coefficient (Wildman–Crippen LogP) is 2.16. The highest BCUT2D eigenvalue weighted by Crippen LogP contribution is 2.13. The number of thiophene rings is 1. The largest absolute Gasteiger partial charge is 0.321 e. The second-order valence-corrected chi connectivity index (χ2v) is 3.83. The summed E-state index contributed by atoms with van der Waals surface area (Å²) in [4.78, 5) is 1.16.